The van der Waals surface area contributed by atoms with Crippen molar-refractivity contribution in [1.82, 2.24) is 10.6 Å². The van der Waals surface area contributed by atoms with Gasteiger partial charge in [-0.25, -0.2) is 0 Å². The number of carboxylic acids is 1. The quantitative estimate of drug-likeness (QED) is 0.611. The van der Waals surface area contributed by atoms with Gasteiger partial charge in [-0.3, -0.25) is 9.59 Å². The van der Waals surface area contributed by atoms with Crippen LogP contribution in [0.4, 0.5) is 0 Å². The molecule has 1 fully saturated rings. The maximum atomic E-state index is 12.1. The van der Waals surface area contributed by atoms with E-state index < -0.39 is 11.9 Å². The normalized spacial score (nSPS) is 36.1. The van der Waals surface area contributed by atoms with Crippen molar-refractivity contribution in [2.45, 2.75) is 25.8 Å². The van der Waals surface area contributed by atoms with Gasteiger partial charge in [0.25, 0.3) is 0 Å². The molecule has 1 aliphatic carbocycles. The molecule has 0 spiro atoms. The van der Waals surface area contributed by atoms with Crippen LogP contribution >= 0.6 is 0 Å². The molecule has 1 aliphatic heterocycles. The Labute approximate surface area is 100 Å². The third kappa shape index (κ3) is 2.49. The average Bonchev–Trinajstić information content (AvgIpc) is 2.88. The zero-order valence-corrected chi connectivity index (χ0v) is 9.90. The van der Waals surface area contributed by atoms with Crippen LogP contribution in [-0.4, -0.2) is 36.1 Å². The first-order valence-electron chi connectivity index (χ1n) is 5.94. The molecule has 5 heteroatoms. The smallest absolute Gasteiger partial charge is 0.310 e. The largest absolute Gasteiger partial charge is 0.481 e. The molecule has 2 aliphatic rings. The molecule has 94 valence electrons. The van der Waals surface area contributed by atoms with Crippen LogP contribution in [-0.2, 0) is 9.59 Å². The molecule has 0 aromatic rings. The van der Waals surface area contributed by atoms with E-state index in [9.17, 15) is 9.59 Å². The summed E-state index contributed by atoms with van der Waals surface area (Å²) in [6.07, 6.45) is 4.73. The fraction of sp³-hybridized carbons (Fsp3) is 0.667. The molecule has 2 rings (SSSR count). The van der Waals surface area contributed by atoms with Crippen LogP contribution in [0.15, 0.2) is 12.2 Å². The standard InChI is InChI=1S/C12H18N2O3/c1-12(4-5-13-7-12)11(17)14-9-3-2-8(6-9)10(15)16/h2-3,8-9,13H,4-7H2,1H3,(H,14,17)(H,15,16). The second kappa shape index (κ2) is 4.49. The fourth-order valence-electron chi connectivity index (χ4n) is 2.34. The lowest BCUT2D eigenvalue weighted by atomic mass is 9.88. The van der Waals surface area contributed by atoms with E-state index in [1.54, 1.807) is 12.2 Å². The number of nitrogens with one attached hydrogen (secondary N) is 2. The first kappa shape index (κ1) is 12.1. The van der Waals surface area contributed by atoms with Gasteiger partial charge in [-0.15, -0.1) is 0 Å². The Kier molecular flexibility index (Phi) is 3.19. The number of carboxylic acid groups (broad SMARTS) is 1. The molecule has 0 radical (unpaired) electrons. The van der Waals surface area contributed by atoms with Crippen LogP contribution in [0.1, 0.15) is 19.8 Å². The predicted molar refractivity (Wildman–Crippen MR) is 62.4 cm³/mol. The van der Waals surface area contributed by atoms with Crippen molar-refractivity contribution in [3.63, 3.8) is 0 Å². The maximum Gasteiger partial charge on any atom is 0.310 e. The van der Waals surface area contributed by atoms with E-state index in [4.69, 9.17) is 5.11 Å². The highest BCUT2D eigenvalue weighted by Crippen LogP contribution is 2.26. The summed E-state index contributed by atoms with van der Waals surface area (Å²) in [7, 11) is 0. The van der Waals surface area contributed by atoms with Crippen LogP contribution in [0.5, 0.6) is 0 Å². The Bertz CT molecular complexity index is 359. The van der Waals surface area contributed by atoms with E-state index >= 15 is 0 Å². The minimum Gasteiger partial charge on any atom is -0.481 e. The highest BCUT2D eigenvalue weighted by Gasteiger charge is 2.37. The molecule has 3 atom stereocenters. The van der Waals surface area contributed by atoms with Crippen LogP contribution < -0.4 is 10.6 Å². The highest BCUT2D eigenvalue weighted by molar-refractivity contribution is 5.83. The molecular formula is C12H18N2O3. The van der Waals surface area contributed by atoms with Gasteiger partial charge in [0.2, 0.25) is 5.91 Å². The van der Waals surface area contributed by atoms with Gasteiger partial charge in [-0.2, -0.15) is 0 Å². The van der Waals surface area contributed by atoms with Crippen molar-refractivity contribution in [2.24, 2.45) is 11.3 Å². The number of hydrogen-bond acceptors (Lipinski definition) is 3. The number of aliphatic carboxylic acids is 1. The Morgan fingerprint density at radius 1 is 1.47 bits per heavy atom. The number of rotatable bonds is 3. The lowest BCUT2D eigenvalue weighted by Gasteiger charge is -2.24. The molecule has 17 heavy (non-hydrogen) atoms. The zero-order chi connectivity index (χ0) is 12.5. The summed E-state index contributed by atoms with van der Waals surface area (Å²) in [5.74, 6) is -1.27. The number of carbonyl (C=O) groups is 2. The van der Waals surface area contributed by atoms with Crippen molar-refractivity contribution < 1.29 is 14.7 Å². The van der Waals surface area contributed by atoms with E-state index in [1.807, 2.05) is 6.92 Å². The Morgan fingerprint density at radius 2 is 2.24 bits per heavy atom. The monoisotopic (exact) mass is 238 g/mol. The van der Waals surface area contributed by atoms with Crippen LogP contribution in [0.2, 0.25) is 0 Å². The van der Waals surface area contributed by atoms with E-state index in [2.05, 4.69) is 10.6 Å². The van der Waals surface area contributed by atoms with Crippen LogP contribution in [0.25, 0.3) is 0 Å². The Balaban J connectivity index is 1.89. The van der Waals surface area contributed by atoms with Gasteiger partial charge in [0.15, 0.2) is 0 Å². The van der Waals surface area contributed by atoms with Gasteiger partial charge in [-0.1, -0.05) is 12.2 Å². The molecule has 0 aromatic carbocycles. The summed E-state index contributed by atoms with van der Waals surface area (Å²) >= 11 is 0. The van der Waals surface area contributed by atoms with Gasteiger partial charge in [0.1, 0.15) is 0 Å². The summed E-state index contributed by atoms with van der Waals surface area (Å²) in [4.78, 5) is 22.8. The molecule has 0 bridgehead atoms. The molecular weight excluding hydrogens is 220 g/mol. The second-order valence-corrected chi connectivity index (χ2v) is 5.13. The molecule has 1 amide bonds. The molecule has 1 saturated heterocycles. The van der Waals surface area contributed by atoms with Crippen molar-refractivity contribution >= 4 is 11.9 Å². The molecule has 0 aromatic heterocycles. The van der Waals surface area contributed by atoms with E-state index in [0.29, 0.717) is 13.0 Å². The maximum absolute atomic E-state index is 12.1. The molecule has 3 N–H and O–H groups in total. The summed E-state index contributed by atoms with van der Waals surface area (Å²) < 4.78 is 0. The first-order valence-corrected chi connectivity index (χ1v) is 5.94. The summed E-state index contributed by atoms with van der Waals surface area (Å²) in [5.41, 5.74) is -0.352. The van der Waals surface area contributed by atoms with Crippen molar-refractivity contribution in [1.29, 1.82) is 0 Å². The summed E-state index contributed by atoms with van der Waals surface area (Å²) in [6, 6.07) is -0.138. The first-order chi connectivity index (χ1) is 8.01. The van der Waals surface area contributed by atoms with Gasteiger partial charge < -0.3 is 15.7 Å². The number of carbonyl (C=O) groups excluding carboxylic acids is 1. The van der Waals surface area contributed by atoms with Crippen molar-refractivity contribution in [3.8, 4) is 0 Å². The minimum absolute atomic E-state index is 0.0168. The van der Waals surface area contributed by atoms with Crippen LogP contribution in [0.3, 0.4) is 0 Å². The second-order valence-electron chi connectivity index (χ2n) is 5.13. The average molecular weight is 238 g/mol. The lowest BCUT2D eigenvalue weighted by molar-refractivity contribution is -0.140. The minimum atomic E-state index is -0.827. The summed E-state index contributed by atoms with van der Waals surface area (Å²) in [5, 5.41) is 14.9. The molecule has 1 heterocycles. The third-order valence-corrected chi connectivity index (χ3v) is 3.63. The van der Waals surface area contributed by atoms with Crippen molar-refractivity contribution in [2.75, 3.05) is 13.1 Å². The summed E-state index contributed by atoms with van der Waals surface area (Å²) in [6.45, 7) is 3.50. The Morgan fingerprint density at radius 3 is 2.76 bits per heavy atom. The fourth-order valence-corrected chi connectivity index (χ4v) is 2.34. The molecule has 3 unspecified atom stereocenters. The van der Waals surface area contributed by atoms with Gasteiger partial charge >= 0.3 is 5.97 Å². The zero-order valence-electron chi connectivity index (χ0n) is 9.90. The number of amides is 1. The van der Waals surface area contributed by atoms with E-state index in [-0.39, 0.29) is 17.4 Å². The number of hydrogen-bond donors (Lipinski definition) is 3. The third-order valence-electron chi connectivity index (χ3n) is 3.63. The predicted octanol–water partition coefficient (Wildman–Crippen LogP) is 0.132. The topological polar surface area (TPSA) is 78.4 Å². The van der Waals surface area contributed by atoms with Crippen LogP contribution in [0, 0.1) is 11.3 Å². The molecule has 0 saturated carbocycles. The lowest BCUT2D eigenvalue weighted by Crippen LogP contribution is -2.44. The van der Waals surface area contributed by atoms with E-state index in [1.165, 1.54) is 0 Å². The molecule has 5 nitrogen and oxygen atoms in total. The highest BCUT2D eigenvalue weighted by atomic mass is 16.4. The SMILES string of the molecule is CC1(C(=O)NC2C=CC(C(=O)O)C2)CCNC1. The van der Waals surface area contributed by atoms with E-state index in [0.717, 1.165) is 13.0 Å². The van der Waals surface area contributed by atoms with Gasteiger partial charge in [-0.05, 0) is 26.3 Å². The van der Waals surface area contributed by atoms with Crippen molar-refractivity contribution in [3.05, 3.63) is 12.2 Å². The Hall–Kier alpha value is -1.36. The van der Waals surface area contributed by atoms with Gasteiger partial charge in [0.05, 0.1) is 11.3 Å². The van der Waals surface area contributed by atoms with Gasteiger partial charge in [0, 0.05) is 12.6 Å².